The van der Waals surface area contributed by atoms with Crippen molar-refractivity contribution in [2.45, 2.75) is 430 Å². The molecule has 16 amide bonds. The first-order valence-electron chi connectivity index (χ1n) is 49.5. The summed E-state index contributed by atoms with van der Waals surface area (Å²) < 4.78 is 0. The summed E-state index contributed by atoms with van der Waals surface area (Å²) >= 11 is 0. The molecule has 0 spiro atoms. The van der Waals surface area contributed by atoms with E-state index in [0.29, 0.717) is 76.0 Å². The van der Waals surface area contributed by atoms with Crippen molar-refractivity contribution < 1.29 is 38.4 Å². The molecule has 0 aliphatic rings. The minimum Gasteiger partial charge on any atom is -0.338 e. The van der Waals surface area contributed by atoms with Crippen LogP contribution in [0, 0.1) is 23.7 Å². The maximum Gasteiger partial charge on any atom is 0.314 e. The first-order valence-corrected chi connectivity index (χ1v) is 49.5. The fourth-order valence-corrected chi connectivity index (χ4v) is 13.1. The predicted octanol–water partition coefficient (Wildman–Crippen LogP) is 22.1. The van der Waals surface area contributed by atoms with Crippen LogP contribution in [-0.4, -0.2) is 153 Å². The normalized spacial score (nSPS) is 11.7. The van der Waals surface area contributed by atoms with Crippen molar-refractivity contribution in [3.63, 3.8) is 0 Å². The van der Waals surface area contributed by atoms with Crippen LogP contribution >= 0.6 is 0 Å². The molecule has 0 fully saturated rings. The lowest BCUT2D eigenvalue weighted by atomic mass is 10.1. The van der Waals surface area contributed by atoms with Crippen molar-refractivity contribution in [1.82, 2.24) is 85.1 Å². The Bertz CT molecular complexity index is 2180. The van der Waals surface area contributed by atoms with E-state index in [0.717, 1.165) is 181 Å². The summed E-state index contributed by atoms with van der Waals surface area (Å²) in [5.74, 6) is 1.60. The Hall–Kier alpha value is -5.84. The second-order valence-corrected chi connectivity index (χ2v) is 33.7. The average Bonchev–Trinajstić information content (AvgIpc) is 1.01. The van der Waals surface area contributed by atoms with Gasteiger partial charge in [-0.15, -0.1) is 0 Å². The Labute approximate surface area is 726 Å². The largest absolute Gasteiger partial charge is 0.338 e. The Balaban J connectivity index is -0.000000746. The van der Waals surface area contributed by atoms with Crippen LogP contribution in [0.25, 0.3) is 0 Å². The maximum atomic E-state index is 12.0. The highest BCUT2D eigenvalue weighted by Crippen LogP contribution is 2.14. The van der Waals surface area contributed by atoms with Crippen LogP contribution in [0.5, 0.6) is 0 Å². The van der Waals surface area contributed by atoms with Crippen molar-refractivity contribution in [3.05, 3.63) is 0 Å². The molecule has 0 bridgehead atoms. The van der Waals surface area contributed by atoms with Crippen molar-refractivity contribution in [2.75, 3.05) is 105 Å². The molecule has 24 heteroatoms. The van der Waals surface area contributed by atoms with Crippen molar-refractivity contribution in [3.8, 4) is 0 Å². The smallest absolute Gasteiger partial charge is 0.314 e. The second kappa shape index (κ2) is 100.0. The van der Waals surface area contributed by atoms with Gasteiger partial charge in [0.25, 0.3) is 0 Å². The lowest BCUT2D eigenvalue weighted by Crippen LogP contribution is -2.38. The summed E-state index contributed by atoms with van der Waals surface area (Å²) in [5.41, 5.74) is 0. The number of hydrogen-bond donors (Lipinski definition) is 16. The van der Waals surface area contributed by atoms with Crippen molar-refractivity contribution in [1.29, 1.82) is 0 Å². The van der Waals surface area contributed by atoms with E-state index in [1.54, 1.807) is 0 Å². The zero-order valence-electron chi connectivity index (χ0n) is 79.1. The molecule has 0 aromatic heterocycles. The highest BCUT2D eigenvalue weighted by Gasteiger charge is 2.12. The standard InChI is InChI=1S/C32H66N4O2.C24H50N4O2.C20H42N4O2.C18H38N4O2/c1-4-6-8-10-12-14-16-18-20-22-26-33-31(37)35-28-24-25-30(3)29-36-32(38)34-27-23-21-19-17-15-13-11-9-7-5-2;1-4-6-8-10-12-14-18-25-23(29)27-20-16-17-22(3)21-28-24(30)26-19-15-13-11-9-7-5-2;1-4-6-8-10-14-21-19(25)23-16-12-13-18(3)17-24-20(26)22-15-11-9-7-5-2;1-4-6-8-12-19-17(23)21-14-10-11-16(3)15-22-18(24)20-13-9-7-5-2/h30H,4-29H2,1-3H3,(H2,33,35,37)(H2,34,36,38);22H,4-21H2,1-3H3,(H2,25,27,29)(H2,26,28,30);18H,4-17H2,1-3H3,(H2,21,23,25)(H2,22,24,26);16H,4-15H2,1-3H3,(H2,19,21,23)(H2,20,22,24). The Morgan fingerprint density at radius 2 is 0.246 bits per heavy atom. The van der Waals surface area contributed by atoms with E-state index >= 15 is 0 Å². The lowest BCUT2D eigenvalue weighted by Gasteiger charge is -2.14. The quantitative estimate of drug-likeness (QED) is 0.0259. The molecule has 0 aliphatic heterocycles. The van der Waals surface area contributed by atoms with E-state index in [1.165, 1.54) is 218 Å². The molecule has 0 aromatic carbocycles. The van der Waals surface area contributed by atoms with Gasteiger partial charge in [0.05, 0.1) is 0 Å². The first-order chi connectivity index (χ1) is 57.4. The second-order valence-electron chi connectivity index (χ2n) is 33.7. The Kier molecular flexibility index (Phi) is 100. The van der Waals surface area contributed by atoms with Gasteiger partial charge in [-0.3, -0.25) is 0 Å². The Morgan fingerprint density at radius 1 is 0.144 bits per heavy atom. The predicted molar refractivity (Wildman–Crippen MR) is 503 cm³/mol. The molecule has 0 aromatic rings. The van der Waals surface area contributed by atoms with Gasteiger partial charge in [-0.05, 0) is 126 Å². The Morgan fingerprint density at radius 3 is 0.398 bits per heavy atom. The van der Waals surface area contributed by atoms with Crippen LogP contribution in [0.3, 0.4) is 0 Å². The van der Waals surface area contributed by atoms with Gasteiger partial charge in [-0.2, -0.15) is 0 Å². The molecule has 16 N–H and O–H groups in total. The van der Waals surface area contributed by atoms with Crippen LogP contribution in [-0.2, 0) is 0 Å². The molecule has 0 radical (unpaired) electrons. The molecule has 0 saturated heterocycles. The summed E-state index contributed by atoms with van der Waals surface area (Å²) in [6.07, 6.45) is 64.5. The number of amides is 16. The number of nitrogens with one attached hydrogen (secondary N) is 16. The number of carbonyl (C=O) groups is 8. The van der Waals surface area contributed by atoms with Gasteiger partial charge < -0.3 is 85.1 Å². The van der Waals surface area contributed by atoms with E-state index in [-0.39, 0.29) is 48.2 Å². The monoisotopic (exact) mass is 1680 g/mol. The molecule has 118 heavy (non-hydrogen) atoms. The van der Waals surface area contributed by atoms with Crippen LogP contribution in [0.2, 0.25) is 0 Å². The van der Waals surface area contributed by atoms with Gasteiger partial charge in [0.2, 0.25) is 0 Å². The molecule has 700 valence electrons. The summed E-state index contributed by atoms with van der Waals surface area (Å²) in [7, 11) is 0. The van der Waals surface area contributed by atoms with E-state index in [2.05, 4.69) is 168 Å². The van der Waals surface area contributed by atoms with E-state index in [4.69, 9.17) is 0 Å². The molecular weight excluding hydrogens is 1480 g/mol. The molecule has 4 unspecified atom stereocenters. The lowest BCUT2D eigenvalue weighted by molar-refractivity contribution is 0.237. The van der Waals surface area contributed by atoms with Gasteiger partial charge in [-0.1, -0.05) is 327 Å². The zero-order valence-corrected chi connectivity index (χ0v) is 79.1. The third-order valence-electron chi connectivity index (χ3n) is 21.1. The van der Waals surface area contributed by atoms with E-state index in [1.807, 2.05) is 0 Å². The summed E-state index contributed by atoms with van der Waals surface area (Å²) in [6.45, 7) is 37.5. The molecular formula is C94H196N16O8. The van der Waals surface area contributed by atoms with Gasteiger partial charge in [0, 0.05) is 105 Å². The molecule has 0 aliphatic carbocycles. The highest BCUT2D eigenvalue weighted by molar-refractivity contribution is 5.76. The fourth-order valence-electron chi connectivity index (χ4n) is 13.1. The molecule has 0 heterocycles. The summed E-state index contributed by atoms with van der Waals surface area (Å²) in [6, 6.07) is -0.559. The molecule has 4 atom stereocenters. The third-order valence-corrected chi connectivity index (χ3v) is 21.1. The van der Waals surface area contributed by atoms with Crippen molar-refractivity contribution in [2.24, 2.45) is 23.7 Å². The van der Waals surface area contributed by atoms with Gasteiger partial charge in [0.15, 0.2) is 0 Å². The third kappa shape index (κ3) is 104. The van der Waals surface area contributed by atoms with Crippen molar-refractivity contribution >= 4 is 48.2 Å². The summed E-state index contributed by atoms with van der Waals surface area (Å²) in [4.78, 5) is 93.9. The van der Waals surface area contributed by atoms with Gasteiger partial charge in [0.1, 0.15) is 0 Å². The van der Waals surface area contributed by atoms with Crippen LogP contribution in [0.4, 0.5) is 38.4 Å². The molecule has 0 rings (SSSR count). The number of carbonyl (C=O) groups excluding carboxylic acids is 8. The zero-order chi connectivity index (χ0) is 87.7. The topological polar surface area (TPSA) is 329 Å². The average molecular weight is 1680 g/mol. The van der Waals surface area contributed by atoms with Crippen LogP contribution < -0.4 is 85.1 Å². The van der Waals surface area contributed by atoms with Crippen LogP contribution in [0.1, 0.15) is 430 Å². The minimum atomic E-state index is -0.0810. The van der Waals surface area contributed by atoms with Gasteiger partial charge >= 0.3 is 48.2 Å². The maximum absolute atomic E-state index is 12.0. The number of hydrogen-bond acceptors (Lipinski definition) is 8. The number of rotatable bonds is 78. The first kappa shape index (κ1) is 118. The summed E-state index contributed by atoms with van der Waals surface area (Å²) in [5, 5.41) is 46.7. The molecule has 24 nitrogen and oxygen atoms in total. The van der Waals surface area contributed by atoms with Crippen LogP contribution in [0.15, 0.2) is 0 Å². The number of unbranched alkanes of at least 4 members (excludes halogenated alkanes) is 38. The SMILES string of the molecule is CCCCCCCCCCCCNC(=O)NCCCC(C)CNC(=O)NCCCCCCCCCCCC.CCCCCCCCNC(=O)NCCCC(C)CNC(=O)NCCCCCCCC.CCCCCCNC(=O)NCCCC(C)CNC(=O)NCCCCCC.CCCCCNC(=O)NCCCC(C)CNC(=O)NCCCCC. The molecule has 0 saturated carbocycles. The van der Waals surface area contributed by atoms with E-state index in [9.17, 15) is 38.4 Å². The van der Waals surface area contributed by atoms with Gasteiger partial charge in [-0.25, -0.2) is 38.4 Å². The number of urea groups is 8. The fraction of sp³-hybridized carbons (Fsp3) is 0.915. The van der Waals surface area contributed by atoms with E-state index < -0.39 is 0 Å². The highest BCUT2D eigenvalue weighted by atomic mass is 16.2. The minimum absolute atomic E-state index is 0.0574.